The van der Waals surface area contributed by atoms with Crippen molar-refractivity contribution in [2.24, 2.45) is 0 Å². The first-order valence-electron chi connectivity index (χ1n) is 12.5. The normalized spacial score (nSPS) is 20.6. The smallest absolute Gasteiger partial charge is 0.255 e. The average Bonchev–Trinajstić information content (AvgIpc) is 3.59. The molecular weight excluding hydrogens is 442 g/mol. The SMILES string of the molecule is COc1ccc2c(c1)-c1nc(-n3ncc(C(=O)N[C@H]4CCOC(C)(C)C4)c3C3CC3)ncc1CC2. The van der Waals surface area contributed by atoms with Gasteiger partial charge in [0.15, 0.2) is 0 Å². The molecule has 6 rings (SSSR count). The number of aromatic nitrogens is 4. The third-order valence-electron chi connectivity index (χ3n) is 7.32. The van der Waals surface area contributed by atoms with Crippen LogP contribution in [-0.2, 0) is 17.6 Å². The molecular formula is C27H31N5O3. The van der Waals surface area contributed by atoms with E-state index in [1.54, 1.807) is 18.0 Å². The van der Waals surface area contributed by atoms with Gasteiger partial charge < -0.3 is 14.8 Å². The number of carbonyl (C=O) groups is 1. The van der Waals surface area contributed by atoms with Crippen LogP contribution in [0.3, 0.4) is 0 Å². The summed E-state index contributed by atoms with van der Waals surface area (Å²) in [6.07, 6.45) is 9.13. The number of aryl methyl sites for hydroxylation is 2. The Morgan fingerprint density at radius 3 is 2.77 bits per heavy atom. The van der Waals surface area contributed by atoms with Crippen LogP contribution in [0.5, 0.6) is 5.75 Å². The summed E-state index contributed by atoms with van der Waals surface area (Å²) in [5.74, 6) is 1.54. The Morgan fingerprint density at radius 1 is 1.17 bits per heavy atom. The number of methoxy groups -OCH3 is 1. The molecule has 0 radical (unpaired) electrons. The summed E-state index contributed by atoms with van der Waals surface area (Å²) < 4.78 is 13.0. The molecule has 1 aromatic carbocycles. The molecule has 2 fully saturated rings. The van der Waals surface area contributed by atoms with Crippen molar-refractivity contribution >= 4 is 5.91 Å². The van der Waals surface area contributed by atoms with E-state index in [0.717, 1.165) is 66.8 Å². The Balaban J connectivity index is 1.34. The van der Waals surface area contributed by atoms with Gasteiger partial charge in [-0.2, -0.15) is 5.10 Å². The molecule has 1 aliphatic heterocycles. The third-order valence-corrected chi connectivity index (χ3v) is 7.32. The largest absolute Gasteiger partial charge is 0.497 e. The average molecular weight is 474 g/mol. The zero-order chi connectivity index (χ0) is 24.2. The van der Waals surface area contributed by atoms with Crippen molar-refractivity contribution in [2.75, 3.05) is 13.7 Å². The molecule has 1 amide bonds. The lowest BCUT2D eigenvalue weighted by molar-refractivity contribution is -0.0615. The number of benzene rings is 1. The van der Waals surface area contributed by atoms with E-state index in [9.17, 15) is 4.79 Å². The van der Waals surface area contributed by atoms with Gasteiger partial charge in [0, 0.05) is 30.3 Å². The summed E-state index contributed by atoms with van der Waals surface area (Å²) in [7, 11) is 1.68. The summed E-state index contributed by atoms with van der Waals surface area (Å²) in [5, 5.41) is 7.84. The zero-order valence-electron chi connectivity index (χ0n) is 20.5. The number of fused-ring (bicyclic) bond motifs is 3. The zero-order valence-corrected chi connectivity index (χ0v) is 20.5. The molecule has 0 spiro atoms. The molecule has 1 atom stereocenters. The van der Waals surface area contributed by atoms with E-state index in [4.69, 9.17) is 14.5 Å². The van der Waals surface area contributed by atoms with E-state index >= 15 is 0 Å². The summed E-state index contributed by atoms with van der Waals surface area (Å²) >= 11 is 0. The fraction of sp³-hybridized carbons (Fsp3) is 0.481. The van der Waals surface area contributed by atoms with Gasteiger partial charge in [0.2, 0.25) is 0 Å². The molecule has 2 aliphatic carbocycles. The quantitative estimate of drug-likeness (QED) is 0.602. The molecule has 3 aromatic rings. The molecule has 182 valence electrons. The number of carbonyl (C=O) groups excluding carboxylic acids is 1. The lowest BCUT2D eigenvalue weighted by atomic mass is 9.90. The number of nitrogens with one attached hydrogen (secondary N) is 1. The van der Waals surface area contributed by atoms with Crippen LogP contribution < -0.4 is 10.1 Å². The van der Waals surface area contributed by atoms with Gasteiger partial charge in [0.05, 0.1) is 35.9 Å². The second kappa shape index (κ2) is 8.45. The van der Waals surface area contributed by atoms with Crippen LogP contribution in [0.4, 0.5) is 0 Å². The van der Waals surface area contributed by atoms with Crippen LogP contribution in [0.2, 0.25) is 0 Å². The molecule has 2 aromatic heterocycles. The molecule has 0 bridgehead atoms. The summed E-state index contributed by atoms with van der Waals surface area (Å²) in [6.45, 7) is 4.79. The van der Waals surface area contributed by atoms with Gasteiger partial charge in [-0.05, 0) is 75.6 Å². The number of hydrogen-bond acceptors (Lipinski definition) is 6. The number of ether oxygens (including phenoxy) is 2. The Bertz CT molecular complexity index is 1290. The first-order valence-corrected chi connectivity index (χ1v) is 12.5. The van der Waals surface area contributed by atoms with Crippen molar-refractivity contribution < 1.29 is 14.3 Å². The van der Waals surface area contributed by atoms with E-state index in [2.05, 4.69) is 35.3 Å². The van der Waals surface area contributed by atoms with Crippen LogP contribution in [-0.4, -0.2) is 51.0 Å². The maximum Gasteiger partial charge on any atom is 0.255 e. The summed E-state index contributed by atoms with van der Waals surface area (Å²) in [4.78, 5) is 23.0. The minimum atomic E-state index is -0.227. The first-order chi connectivity index (χ1) is 16.9. The highest BCUT2D eigenvalue weighted by molar-refractivity contribution is 5.95. The van der Waals surface area contributed by atoms with E-state index < -0.39 is 0 Å². The maximum atomic E-state index is 13.3. The maximum absolute atomic E-state index is 13.3. The molecule has 8 nitrogen and oxygen atoms in total. The Kier molecular flexibility index (Phi) is 5.36. The van der Waals surface area contributed by atoms with Crippen LogP contribution in [0.1, 0.15) is 72.6 Å². The highest BCUT2D eigenvalue weighted by Gasteiger charge is 2.36. The lowest BCUT2D eigenvalue weighted by Crippen LogP contribution is -2.45. The molecule has 1 saturated carbocycles. The molecule has 1 N–H and O–H groups in total. The summed E-state index contributed by atoms with van der Waals surface area (Å²) in [6, 6.07) is 6.24. The fourth-order valence-corrected chi connectivity index (χ4v) is 5.37. The van der Waals surface area contributed by atoms with Gasteiger partial charge in [0.25, 0.3) is 11.9 Å². The van der Waals surface area contributed by atoms with E-state index in [1.165, 1.54) is 5.56 Å². The van der Waals surface area contributed by atoms with Crippen molar-refractivity contribution in [2.45, 2.75) is 69.9 Å². The lowest BCUT2D eigenvalue weighted by Gasteiger charge is -2.35. The minimum Gasteiger partial charge on any atom is -0.497 e. The monoisotopic (exact) mass is 473 g/mol. The fourth-order valence-electron chi connectivity index (χ4n) is 5.37. The Hall–Kier alpha value is -3.26. The van der Waals surface area contributed by atoms with Crippen molar-refractivity contribution in [3.63, 3.8) is 0 Å². The summed E-state index contributed by atoms with van der Waals surface area (Å²) in [5.41, 5.74) is 5.68. The van der Waals surface area contributed by atoms with Gasteiger partial charge in [-0.3, -0.25) is 4.79 Å². The van der Waals surface area contributed by atoms with Crippen LogP contribution in [0.25, 0.3) is 17.2 Å². The van der Waals surface area contributed by atoms with Gasteiger partial charge in [0.1, 0.15) is 5.75 Å². The van der Waals surface area contributed by atoms with Crippen molar-refractivity contribution in [3.8, 4) is 23.0 Å². The van der Waals surface area contributed by atoms with Gasteiger partial charge in [-0.25, -0.2) is 14.6 Å². The number of rotatable bonds is 5. The van der Waals surface area contributed by atoms with E-state index in [0.29, 0.717) is 24.0 Å². The van der Waals surface area contributed by atoms with Gasteiger partial charge in [-0.1, -0.05) is 6.07 Å². The number of nitrogens with zero attached hydrogens (tertiary/aromatic N) is 4. The third kappa shape index (κ3) is 4.20. The molecule has 3 heterocycles. The van der Waals surface area contributed by atoms with Crippen molar-refractivity contribution in [1.82, 2.24) is 25.1 Å². The standard InChI is InChI=1S/C27H31N5O3/c1-27(2)13-19(10-11-35-27)30-25(33)22-15-29-32(24(22)17-5-6-17)26-28-14-18-7-4-16-8-9-20(34-3)12-21(16)23(18)31-26/h8-9,12,14-15,17,19H,4-7,10-11,13H2,1-3H3,(H,30,33)/t19-/m0/s1. The Morgan fingerprint density at radius 2 is 2.00 bits per heavy atom. The molecule has 35 heavy (non-hydrogen) atoms. The number of amides is 1. The van der Waals surface area contributed by atoms with Crippen molar-refractivity contribution in [3.05, 3.63) is 53.0 Å². The molecule has 1 saturated heterocycles. The second-order valence-corrected chi connectivity index (χ2v) is 10.5. The van der Waals surface area contributed by atoms with Crippen LogP contribution >= 0.6 is 0 Å². The molecule has 3 aliphatic rings. The van der Waals surface area contributed by atoms with Crippen molar-refractivity contribution in [1.29, 1.82) is 0 Å². The Labute approximate surface area is 205 Å². The number of hydrogen-bond donors (Lipinski definition) is 1. The predicted molar refractivity (Wildman–Crippen MR) is 131 cm³/mol. The predicted octanol–water partition coefficient (Wildman–Crippen LogP) is 4.00. The topological polar surface area (TPSA) is 91.2 Å². The minimum absolute atomic E-state index is 0.0751. The van der Waals surface area contributed by atoms with E-state index in [-0.39, 0.29) is 17.6 Å². The highest BCUT2D eigenvalue weighted by atomic mass is 16.5. The van der Waals surface area contributed by atoms with Gasteiger partial charge >= 0.3 is 0 Å². The van der Waals surface area contributed by atoms with E-state index in [1.807, 2.05) is 18.3 Å². The van der Waals surface area contributed by atoms with Crippen LogP contribution in [0, 0.1) is 0 Å². The molecule has 8 heteroatoms. The first kappa shape index (κ1) is 22.2. The van der Waals surface area contributed by atoms with Crippen LogP contribution in [0.15, 0.2) is 30.6 Å². The highest BCUT2D eigenvalue weighted by Crippen LogP contribution is 2.43. The second-order valence-electron chi connectivity index (χ2n) is 10.5. The van der Waals surface area contributed by atoms with Gasteiger partial charge in [-0.15, -0.1) is 0 Å². The molecule has 0 unspecified atom stereocenters.